The molecule has 0 heterocycles. The SMILES string of the molecule is CC(=S)[O][Pb][O]C(C)=S. The van der Waals surface area contributed by atoms with Crippen LogP contribution in [0.15, 0.2) is 0 Å². The third-order valence-electron chi connectivity index (χ3n) is 0.371. The predicted molar refractivity (Wildman–Crippen MR) is 44.5 cm³/mol. The maximum absolute atomic E-state index is 4.97. The molecule has 0 saturated carbocycles. The average Bonchev–Trinajstić information content (AvgIpc) is 1.63. The van der Waals surface area contributed by atoms with E-state index in [0.717, 1.165) is 0 Å². The van der Waals surface area contributed by atoms with Crippen LogP contribution in [0.1, 0.15) is 13.8 Å². The summed E-state index contributed by atoms with van der Waals surface area (Å²) in [5.41, 5.74) is 0. The van der Waals surface area contributed by atoms with Gasteiger partial charge in [0.05, 0.1) is 0 Å². The summed E-state index contributed by atoms with van der Waals surface area (Å²) in [7, 11) is 0. The molecule has 5 heteroatoms. The van der Waals surface area contributed by atoms with Gasteiger partial charge >= 0.3 is 78.9 Å². The third-order valence-corrected chi connectivity index (χ3v) is 4.72. The molecule has 0 saturated heterocycles. The van der Waals surface area contributed by atoms with E-state index in [1.54, 1.807) is 13.8 Å². The first kappa shape index (κ1) is 9.70. The quantitative estimate of drug-likeness (QED) is 0.547. The summed E-state index contributed by atoms with van der Waals surface area (Å²) in [4.78, 5) is 0. The van der Waals surface area contributed by atoms with Crippen LogP contribution in [0.5, 0.6) is 0 Å². The minimum absolute atomic E-state index is 0.551. The fourth-order valence-corrected chi connectivity index (χ4v) is 1.81. The Morgan fingerprint density at radius 3 is 1.67 bits per heavy atom. The van der Waals surface area contributed by atoms with E-state index >= 15 is 0 Å². The van der Waals surface area contributed by atoms with Crippen molar-refractivity contribution in [2.45, 2.75) is 13.8 Å². The number of rotatable bonds is 2. The topological polar surface area (TPSA) is 18.5 Å². The van der Waals surface area contributed by atoms with E-state index in [9.17, 15) is 0 Å². The molecule has 0 aliphatic heterocycles. The van der Waals surface area contributed by atoms with Gasteiger partial charge in [-0.2, -0.15) is 0 Å². The zero-order valence-electron chi connectivity index (χ0n) is 5.13. The van der Waals surface area contributed by atoms with Gasteiger partial charge in [-0.05, 0) is 0 Å². The summed E-state index contributed by atoms with van der Waals surface area (Å²) in [5.74, 6) is 0. The number of hydrogen-bond acceptors (Lipinski definition) is 4. The standard InChI is InChI=1S/2C2H4OS.Pb/c2*1-2(3)4;/h2*1H3,(H,3,4);/q;;+2/p-2. The van der Waals surface area contributed by atoms with Crippen LogP contribution >= 0.6 is 24.4 Å². The molecule has 2 radical (unpaired) electrons. The van der Waals surface area contributed by atoms with E-state index in [0.29, 0.717) is 10.1 Å². The first-order chi connectivity index (χ1) is 4.13. The van der Waals surface area contributed by atoms with Crippen molar-refractivity contribution < 1.29 is 5.37 Å². The van der Waals surface area contributed by atoms with Gasteiger partial charge in [-0.3, -0.25) is 0 Å². The van der Waals surface area contributed by atoms with E-state index in [4.69, 9.17) is 5.37 Å². The van der Waals surface area contributed by atoms with Crippen molar-refractivity contribution in [3.63, 3.8) is 0 Å². The van der Waals surface area contributed by atoms with Crippen LogP contribution in [0, 0.1) is 0 Å². The van der Waals surface area contributed by atoms with Crippen LogP contribution < -0.4 is 0 Å². The van der Waals surface area contributed by atoms with Crippen LogP contribution in [0.25, 0.3) is 0 Å². The van der Waals surface area contributed by atoms with Gasteiger partial charge in [-0.1, -0.05) is 0 Å². The number of thiocarbonyl (C=S) groups is 2. The van der Waals surface area contributed by atoms with Crippen molar-refractivity contribution in [2.75, 3.05) is 0 Å². The van der Waals surface area contributed by atoms with Crippen molar-refractivity contribution in [1.29, 1.82) is 0 Å². The monoisotopic (exact) mass is 358 g/mol. The summed E-state index contributed by atoms with van der Waals surface area (Å²) in [6.07, 6.45) is 0. The first-order valence-corrected chi connectivity index (χ1v) is 6.22. The van der Waals surface area contributed by atoms with Gasteiger partial charge in [0.25, 0.3) is 0 Å². The molecular weight excluding hydrogens is 351 g/mol. The van der Waals surface area contributed by atoms with Gasteiger partial charge in [0.1, 0.15) is 0 Å². The molecule has 0 rings (SSSR count). The molecule has 9 heavy (non-hydrogen) atoms. The van der Waals surface area contributed by atoms with Crippen LogP contribution in [-0.4, -0.2) is 35.2 Å². The first-order valence-electron chi connectivity index (χ1n) is 2.22. The predicted octanol–water partition coefficient (Wildman–Crippen LogP) is 1.25. The Hall–Kier alpha value is 0.702. The molecule has 0 aromatic rings. The Bertz CT molecular complexity index is 112. The van der Waals surface area contributed by atoms with Gasteiger partial charge < -0.3 is 0 Å². The molecule has 0 aromatic heterocycles. The summed E-state index contributed by atoms with van der Waals surface area (Å²) in [5, 5.41) is 1.10. The summed E-state index contributed by atoms with van der Waals surface area (Å²) >= 11 is 7.90. The Morgan fingerprint density at radius 2 is 1.44 bits per heavy atom. The Balaban J connectivity index is 3.10. The second-order valence-corrected chi connectivity index (χ2v) is 4.66. The van der Waals surface area contributed by atoms with Crippen molar-refractivity contribution in [3.8, 4) is 0 Å². The van der Waals surface area contributed by atoms with Crippen LogP contribution in [0.4, 0.5) is 0 Å². The van der Waals surface area contributed by atoms with Crippen LogP contribution in [0.2, 0.25) is 0 Å². The van der Waals surface area contributed by atoms with Crippen molar-refractivity contribution in [2.24, 2.45) is 0 Å². The van der Waals surface area contributed by atoms with Gasteiger partial charge in [0.2, 0.25) is 0 Å². The van der Waals surface area contributed by atoms with Crippen molar-refractivity contribution >= 4 is 59.7 Å². The molecule has 0 unspecified atom stereocenters. The molecule has 0 aromatic carbocycles. The molecule has 0 atom stereocenters. The Kier molecular flexibility index (Phi) is 5.91. The summed E-state index contributed by atoms with van der Waals surface area (Å²) in [6.45, 7) is 3.45. The van der Waals surface area contributed by atoms with Gasteiger partial charge in [-0.15, -0.1) is 0 Å². The molecule has 0 amide bonds. The van der Waals surface area contributed by atoms with E-state index in [1.807, 2.05) is 0 Å². The van der Waals surface area contributed by atoms with E-state index in [-0.39, 0.29) is 0 Å². The molecule has 0 N–H and O–H groups in total. The van der Waals surface area contributed by atoms with E-state index in [2.05, 4.69) is 24.4 Å². The fourth-order valence-electron chi connectivity index (χ4n) is 0.138. The second kappa shape index (κ2) is 5.48. The number of hydrogen-bond donors (Lipinski definition) is 0. The third kappa shape index (κ3) is 8.70. The summed E-state index contributed by atoms with van der Waals surface area (Å²) < 4.78 is 9.94. The molecule has 0 spiro atoms. The van der Waals surface area contributed by atoms with Gasteiger partial charge in [0.15, 0.2) is 0 Å². The van der Waals surface area contributed by atoms with E-state index < -0.39 is 25.1 Å². The molecule has 0 fully saturated rings. The Morgan fingerprint density at radius 1 is 1.11 bits per heavy atom. The van der Waals surface area contributed by atoms with Crippen LogP contribution in [-0.2, 0) is 5.37 Å². The molecule has 0 aliphatic carbocycles. The molecule has 0 bridgehead atoms. The summed E-state index contributed by atoms with van der Waals surface area (Å²) in [6, 6.07) is 0. The zero-order valence-corrected chi connectivity index (χ0v) is 10.7. The average molecular weight is 357 g/mol. The maximum atomic E-state index is 4.97. The minimum atomic E-state index is -1.40. The van der Waals surface area contributed by atoms with Crippen molar-refractivity contribution in [3.05, 3.63) is 0 Å². The Labute approximate surface area is 78.4 Å². The zero-order chi connectivity index (χ0) is 7.28. The molecule has 2 nitrogen and oxygen atoms in total. The van der Waals surface area contributed by atoms with Gasteiger partial charge in [-0.25, -0.2) is 0 Å². The van der Waals surface area contributed by atoms with E-state index in [1.165, 1.54) is 0 Å². The fraction of sp³-hybridized carbons (Fsp3) is 0.500. The van der Waals surface area contributed by atoms with Gasteiger partial charge in [0, 0.05) is 0 Å². The molecule has 0 aliphatic rings. The normalized spacial score (nSPS) is 8.22. The van der Waals surface area contributed by atoms with Crippen molar-refractivity contribution in [1.82, 2.24) is 0 Å². The second-order valence-electron chi connectivity index (χ2n) is 1.27. The molecular formula is C4H6O2PbS2. The van der Waals surface area contributed by atoms with Crippen LogP contribution in [0.3, 0.4) is 0 Å². The molecule has 50 valence electrons.